The van der Waals surface area contributed by atoms with Crippen molar-refractivity contribution in [3.05, 3.63) is 0 Å². The minimum atomic E-state index is -2.53. The van der Waals surface area contributed by atoms with Gasteiger partial charge >= 0.3 is 0 Å². The van der Waals surface area contributed by atoms with Gasteiger partial charge in [0.25, 0.3) is 6.43 Å². The summed E-state index contributed by atoms with van der Waals surface area (Å²) in [7, 11) is 0. The van der Waals surface area contributed by atoms with E-state index in [0.29, 0.717) is 6.54 Å². The largest absolute Gasteiger partial charge is 0.392 e. The second-order valence-electron chi connectivity index (χ2n) is 2.99. The Labute approximate surface area is 86.5 Å². The van der Waals surface area contributed by atoms with Crippen LogP contribution in [-0.4, -0.2) is 42.7 Å². The normalized spacial score (nSPS) is 26.0. The smallest absolute Gasteiger partial charge is 0.255 e. The summed E-state index contributed by atoms with van der Waals surface area (Å²) >= 11 is 0. The molecule has 1 aliphatic heterocycles. The number of alkyl halides is 2. The van der Waals surface area contributed by atoms with Crippen LogP contribution < -0.4 is 10.6 Å². The Morgan fingerprint density at radius 3 is 2.71 bits per heavy atom. The monoisotopic (exact) mass is 230 g/mol. The van der Waals surface area contributed by atoms with Crippen molar-refractivity contribution in [2.75, 3.05) is 13.1 Å². The lowest BCUT2D eigenvalue weighted by atomic mass is 10.2. The van der Waals surface area contributed by atoms with Crippen molar-refractivity contribution in [2.24, 2.45) is 0 Å². The maximum absolute atomic E-state index is 11.7. The van der Waals surface area contributed by atoms with E-state index in [0.717, 1.165) is 0 Å². The Morgan fingerprint density at radius 1 is 1.64 bits per heavy atom. The number of halogens is 3. The molecule has 2 atom stereocenters. The number of hydrogen-bond donors (Lipinski definition) is 3. The number of hydrogen-bond acceptors (Lipinski definition) is 3. The predicted molar refractivity (Wildman–Crippen MR) is 48.7 cm³/mol. The van der Waals surface area contributed by atoms with Crippen LogP contribution in [0.5, 0.6) is 0 Å². The first-order valence-corrected chi connectivity index (χ1v) is 4.07. The third-order valence-electron chi connectivity index (χ3n) is 1.85. The van der Waals surface area contributed by atoms with Gasteiger partial charge in [0.2, 0.25) is 5.91 Å². The Morgan fingerprint density at radius 2 is 2.29 bits per heavy atom. The highest BCUT2D eigenvalue weighted by atomic mass is 35.5. The molecule has 7 heteroatoms. The maximum Gasteiger partial charge on any atom is 0.255 e. The number of carbonyl (C=O) groups excluding carboxylic acids is 1. The average Bonchev–Trinajstić information content (AvgIpc) is 2.47. The van der Waals surface area contributed by atoms with Crippen LogP contribution in [0.15, 0.2) is 0 Å². The van der Waals surface area contributed by atoms with Gasteiger partial charge in [-0.05, 0) is 6.42 Å². The molecule has 1 saturated heterocycles. The minimum absolute atomic E-state index is 0. The van der Waals surface area contributed by atoms with E-state index in [4.69, 9.17) is 5.11 Å². The van der Waals surface area contributed by atoms with Crippen molar-refractivity contribution in [1.29, 1.82) is 0 Å². The van der Waals surface area contributed by atoms with Gasteiger partial charge in [-0.3, -0.25) is 4.79 Å². The van der Waals surface area contributed by atoms with E-state index >= 15 is 0 Å². The van der Waals surface area contributed by atoms with Crippen LogP contribution >= 0.6 is 12.4 Å². The van der Waals surface area contributed by atoms with Gasteiger partial charge in [0.05, 0.1) is 18.7 Å². The number of nitrogens with one attached hydrogen (secondary N) is 2. The summed E-state index contributed by atoms with van der Waals surface area (Å²) in [6.07, 6.45) is -2.80. The first kappa shape index (κ1) is 13.5. The molecule has 14 heavy (non-hydrogen) atoms. The highest BCUT2D eigenvalue weighted by molar-refractivity contribution is 5.85. The third-order valence-corrected chi connectivity index (χ3v) is 1.85. The van der Waals surface area contributed by atoms with Crippen LogP contribution in [0.25, 0.3) is 0 Å². The molecule has 0 radical (unpaired) electrons. The van der Waals surface area contributed by atoms with E-state index in [-0.39, 0.29) is 18.8 Å². The van der Waals surface area contributed by atoms with Gasteiger partial charge in [-0.1, -0.05) is 0 Å². The number of amides is 1. The first-order valence-electron chi connectivity index (χ1n) is 4.07. The zero-order valence-corrected chi connectivity index (χ0v) is 8.19. The molecule has 0 aromatic heterocycles. The fourth-order valence-corrected chi connectivity index (χ4v) is 1.22. The molecule has 0 aromatic carbocycles. The van der Waals surface area contributed by atoms with Crippen LogP contribution in [0, 0.1) is 0 Å². The Balaban J connectivity index is 0.00000169. The zero-order valence-electron chi connectivity index (χ0n) is 7.37. The number of aliphatic hydroxyl groups excluding tert-OH is 1. The standard InChI is InChI=1S/C7H12F2N2O2.ClH/c8-6(9)3-11-7(13)5-1-4(12)2-10-5;/h4-6,10,12H,1-3H2,(H,11,13);1H/t4-,5+;/m0./s1. The first-order chi connectivity index (χ1) is 6.09. The van der Waals surface area contributed by atoms with Crippen molar-refractivity contribution in [1.82, 2.24) is 10.6 Å². The van der Waals surface area contributed by atoms with E-state index in [1.165, 1.54) is 0 Å². The fraction of sp³-hybridized carbons (Fsp3) is 0.857. The third kappa shape index (κ3) is 4.17. The molecule has 1 aliphatic rings. The van der Waals surface area contributed by atoms with Gasteiger partial charge in [-0.15, -0.1) is 12.4 Å². The van der Waals surface area contributed by atoms with Gasteiger partial charge in [0.1, 0.15) is 0 Å². The molecule has 0 bridgehead atoms. The zero-order chi connectivity index (χ0) is 9.84. The molecule has 0 aliphatic carbocycles. The predicted octanol–water partition coefficient (Wildman–Crippen LogP) is -0.488. The lowest BCUT2D eigenvalue weighted by Gasteiger charge is -2.09. The highest BCUT2D eigenvalue weighted by Crippen LogP contribution is 2.05. The topological polar surface area (TPSA) is 61.4 Å². The summed E-state index contributed by atoms with van der Waals surface area (Å²) in [5, 5.41) is 13.8. The summed E-state index contributed by atoms with van der Waals surface area (Å²) in [5.74, 6) is -0.475. The lowest BCUT2D eigenvalue weighted by Crippen LogP contribution is -2.42. The van der Waals surface area contributed by atoms with Gasteiger partial charge in [-0.25, -0.2) is 8.78 Å². The number of aliphatic hydroxyl groups is 1. The van der Waals surface area contributed by atoms with E-state index in [9.17, 15) is 13.6 Å². The van der Waals surface area contributed by atoms with E-state index in [1.54, 1.807) is 0 Å². The summed E-state index contributed by atoms with van der Waals surface area (Å²) in [6.45, 7) is -0.292. The summed E-state index contributed by atoms with van der Waals surface area (Å²) < 4.78 is 23.3. The van der Waals surface area contributed by atoms with E-state index in [1.807, 2.05) is 0 Å². The van der Waals surface area contributed by atoms with E-state index in [2.05, 4.69) is 10.6 Å². The maximum atomic E-state index is 11.7. The highest BCUT2D eigenvalue weighted by Gasteiger charge is 2.27. The average molecular weight is 231 g/mol. The van der Waals surface area contributed by atoms with Crippen molar-refractivity contribution in [3.8, 4) is 0 Å². The molecule has 84 valence electrons. The Kier molecular flexibility index (Phi) is 5.90. The summed E-state index contributed by atoms with van der Waals surface area (Å²) in [6, 6.07) is -0.534. The Hall–Kier alpha value is -0.460. The van der Waals surface area contributed by atoms with Crippen LogP contribution in [0.2, 0.25) is 0 Å². The molecular formula is C7H13ClF2N2O2. The second-order valence-corrected chi connectivity index (χ2v) is 2.99. The van der Waals surface area contributed by atoms with Gasteiger partial charge in [0.15, 0.2) is 0 Å². The van der Waals surface area contributed by atoms with Crippen molar-refractivity contribution in [3.63, 3.8) is 0 Å². The summed E-state index contributed by atoms with van der Waals surface area (Å²) in [5.41, 5.74) is 0. The molecule has 1 rings (SSSR count). The molecule has 0 unspecified atom stereocenters. The minimum Gasteiger partial charge on any atom is -0.392 e. The van der Waals surface area contributed by atoms with Gasteiger partial charge in [-0.2, -0.15) is 0 Å². The molecule has 1 fully saturated rings. The van der Waals surface area contributed by atoms with Gasteiger partial charge < -0.3 is 15.7 Å². The van der Waals surface area contributed by atoms with Crippen LogP contribution in [0.3, 0.4) is 0 Å². The van der Waals surface area contributed by atoms with E-state index < -0.39 is 31.0 Å². The van der Waals surface area contributed by atoms with Crippen LogP contribution in [0.1, 0.15) is 6.42 Å². The molecule has 0 saturated carbocycles. The number of rotatable bonds is 3. The molecule has 1 amide bonds. The SMILES string of the molecule is Cl.O=C(NCC(F)F)[C@H]1C[C@H](O)CN1. The van der Waals surface area contributed by atoms with Crippen molar-refractivity contribution in [2.45, 2.75) is 25.0 Å². The summed E-state index contributed by atoms with van der Waals surface area (Å²) in [4.78, 5) is 11.1. The van der Waals surface area contributed by atoms with Crippen molar-refractivity contribution >= 4 is 18.3 Å². The van der Waals surface area contributed by atoms with Crippen LogP contribution in [0.4, 0.5) is 8.78 Å². The number of carbonyl (C=O) groups is 1. The lowest BCUT2D eigenvalue weighted by molar-refractivity contribution is -0.123. The molecule has 0 aromatic rings. The quantitative estimate of drug-likeness (QED) is 0.613. The molecule has 0 spiro atoms. The van der Waals surface area contributed by atoms with Crippen LogP contribution in [-0.2, 0) is 4.79 Å². The Bertz CT molecular complexity index is 195. The number of β-amino-alcohol motifs (C(OH)–C–C–N with tert-alkyl or cyclic N) is 1. The molecular weight excluding hydrogens is 218 g/mol. The molecule has 3 N–H and O–H groups in total. The van der Waals surface area contributed by atoms with Gasteiger partial charge in [0, 0.05) is 6.54 Å². The molecule has 4 nitrogen and oxygen atoms in total. The second kappa shape index (κ2) is 6.10. The van der Waals surface area contributed by atoms with Crippen molar-refractivity contribution < 1.29 is 18.7 Å². The fourth-order valence-electron chi connectivity index (χ4n) is 1.22. The molecule has 1 heterocycles.